The average molecular weight is 119 g/mol. The average Bonchev–Trinajstić information content (AvgIpc) is 1.61. The number of hydrogen-bond acceptors (Lipinski definition) is 2. The minimum Gasteiger partial charge on any atom is -0.185 e. The van der Waals surface area contributed by atoms with Crippen LogP contribution in [0.4, 0.5) is 0 Å². The molecule has 0 spiro atoms. The largest absolute Gasteiger partial charge is 0.185 e. The summed E-state index contributed by atoms with van der Waals surface area (Å²) in [7, 11) is 0.770. The molecule has 0 radical (unpaired) electrons. The van der Waals surface area contributed by atoms with Gasteiger partial charge in [0.05, 0.1) is 0 Å². The van der Waals surface area contributed by atoms with Gasteiger partial charge < -0.3 is 0 Å². The molecule has 0 amide bonds. The number of hydrogen-bond donors (Lipinski definition) is 0. The Bertz CT molecular complexity index is 58.3. The van der Waals surface area contributed by atoms with Gasteiger partial charge in [-0.05, 0) is 25.3 Å². The molecule has 0 rings (SSSR count). The number of nitriles is 1. The predicted octanol–water partition coefficient (Wildman–Crippen LogP) is 1.81. The summed E-state index contributed by atoms with van der Waals surface area (Å²) >= 11 is 1.34. The van der Waals surface area contributed by atoms with Crippen LogP contribution >= 0.6 is 19.2 Å². The van der Waals surface area contributed by atoms with E-state index in [1.807, 2.05) is 5.40 Å². The Hall–Kier alpha value is 0.270. The Morgan fingerprint density at radius 1 is 2.00 bits per heavy atom. The Balaban J connectivity index is 2.54. The van der Waals surface area contributed by atoms with Crippen molar-refractivity contribution in [1.82, 2.24) is 0 Å². The minimum absolute atomic E-state index is 0.770. The van der Waals surface area contributed by atoms with Crippen LogP contribution in [0, 0.1) is 10.7 Å². The fourth-order valence-corrected chi connectivity index (χ4v) is 0.940. The summed E-state index contributed by atoms with van der Waals surface area (Å²) in [5.41, 5.74) is 0. The first kappa shape index (κ1) is 6.27. The lowest BCUT2D eigenvalue weighted by atomic mass is 11.0. The Morgan fingerprint density at radius 3 is 2.83 bits per heavy atom. The molecule has 34 valence electrons. The SMILES string of the molecule is CCPSC#N. The molecule has 1 atom stereocenters. The molecule has 0 aromatic rings. The molecular formula is C3H6NPS. The monoisotopic (exact) mass is 119 g/mol. The van der Waals surface area contributed by atoms with E-state index in [9.17, 15) is 0 Å². The summed E-state index contributed by atoms with van der Waals surface area (Å²) in [5, 5.41) is 9.91. The van der Waals surface area contributed by atoms with Gasteiger partial charge in [-0.25, -0.2) is 0 Å². The maximum atomic E-state index is 7.92. The molecule has 0 saturated heterocycles. The third-order valence-electron chi connectivity index (χ3n) is 0.262. The molecule has 0 fully saturated rings. The molecule has 1 unspecified atom stereocenters. The summed E-state index contributed by atoms with van der Waals surface area (Å²) in [6.07, 6.45) is 1.12. The van der Waals surface area contributed by atoms with E-state index in [2.05, 4.69) is 6.92 Å². The third-order valence-corrected chi connectivity index (χ3v) is 2.36. The van der Waals surface area contributed by atoms with Gasteiger partial charge in [-0.3, -0.25) is 0 Å². The summed E-state index contributed by atoms with van der Waals surface area (Å²) in [6.45, 7) is 2.07. The zero-order valence-electron chi connectivity index (χ0n) is 3.56. The Morgan fingerprint density at radius 2 is 2.67 bits per heavy atom. The molecule has 0 aliphatic heterocycles. The first-order valence-electron chi connectivity index (χ1n) is 1.69. The minimum atomic E-state index is 0.770. The van der Waals surface area contributed by atoms with Crippen LogP contribution in [0.1, 0.15) is 6.92 Å². The van der Waals surface area contributed by atoms with Crippen molar-refractivity contribution in [1.29, 1.82) is 5.26 Å². The molecule has 3 heteroatoms. The Labute approximate surface area is 43.6 Å². The van der Waals surface area contributed by atoms with Crippen molar-refractivity contribution in [3.05, 3.63) is 0 Å². The molecule has 0 N–H and O–H groups in total. The second kappa shape index (κ2) is 5.27. The smallest absolute Gasteiger partial charge is 0.137 e. The van der Waals surface area contributed by atoms with Gasteiger partial charge >= 0.3 is 0 Å². The zero-order valence-corrected chi connectivity index (χ0v) is 5.38. The van der Waals surface area contributed by atoms with Crippen molar-refractivity contribution in [3.8, 4) is 5.40 Å². The standard InChI is InChI=1S/C3H6NPS/c1-2-5-6-3-4/h5H,2H2,1H3. The molecule has 0 aliphatic carbocycles. The highest BCUT2D eigenvalue weighted by molar-refractivity contribution is 8.52. The molecule has 0 aliphatic rings. The van der Waals surface area contributed by atoms with E-state index in [-0.39, 0.29) is 0 Å². The van der Waals surface area contributed by atoms with E-state index < -0.39 is 0 Å². The first-order chi connectivity index (χ1) is 2.91. The van der Waals surface area contributed by atoms with Gasteiger partial charge in [0.15, 0.2) is 0 Å². The van der Waals surface area contributed by atoms with Gasteiger partial charge in [0.1, 0.15) is 5.40 Å². The highest BCUT2D eigenvalue weighted by Crippen LogP contribution is 2.25. The van der Waals surface area contributed by atoms with Crippen molar-refractivity contribution >= 4 is 19.2 Å². The highest BCUT2D eigenvalue weighted by atomic mass is 32.7. The normalized spacial score (nSPS) is 9.33. The van der Waals surface area contributed by atoms with Crippen LogP contribution in [0.15, 0.2) is 0 Å². The van der Waals surface area contributed by atoms with Crippen LogP contribution in [0.25, 0.3) is 0 Å². The molecule has 0 aromatic heterocycles. The predicted molar refractivity (Wildman–Crippen MR) is 32.1 cm³/mol. The summed E-state index contributed by atoms with van der Waals surface area (Å²) in [6, 6.07) is 0. The van der Waals surface area contributed by atoms with E-state index in [0.29, 0.717) is 0 Å². The molecule has 0 bridgehead atoms. The van der Waals surface area contributed by atoms with Crippen molar-refractivity contribution in [2.24, 2.45) is 0 Å². The summed E-state index contributed by atoms with van der Waals surface area (Å²) in [4.78, 5) is 0. The second-order valence-corrected chi connectivity index (χ2v) is 3.55. The lowest BCUT2D eigenvalue weighted by Crippen LogP contribution is -1.46. The van der Waals surface area contributed by atoms with E-state index in [1.54, 1.807) is 0 Å². The summed E-state index contributed by atoms with van der Waals surface area (Å²) in [5.74, 6) is 0. The maximum Gasteiger partial charge on any atom is 0.137 e. The van der Waals surface area contributed by atoms with Crippen molar-refractivity contribution in [2.45, 2.75) is 6.92 Å². The first-order valence-corrected chi connectivity index (χ1v) is 4.44. The van der Waals surface area contributed by atoms with Crippen molar-refractivity contribution in [2.75, 3.05) is 6.16 Å². The zero-order chi connectivity index (χ0) is 4.83. The van der Waals surface area contributed by atoms with Gasteiger partial charge in [0, 0.05) is 0 Å². The quantitative estimate of drug-likeness (QED) is 0.314. The van der Waals surface area contributed by atoms with Crippen LogP contribution in [0.3, 0.4) is 0 Å². The van der Waals surface area contributed by atoms with E-state index in [4.69, 9.17) is 5.26 Å². The summed E-state index contributed by atoms with van der Waals surface area (Å²) < 4.78 is 0. The molecule has 0 aromatic carbocycles. The lowest BCUT2D eigenvalue weighted by Gasteiger charge is -1.77. The number of nitrogens with zero attached hydrogens (tertiary/aromatic N) is 1. The second-order valence-electron chi connectivity index (χ2n) is 0.691. The van der Waals surface area contributed by atoms with E-state index >= 15 is 0 Å². The lowest BCUT2D eigenvalue weighted by molar-refractivity contribution is 1.53. The van der Waals surface area contributed by atoms with Gasteiger partial charge in [-0.1, -0.05) is 6.92 Å². The van der Waals surface area contributed by atoms with Gasteiger partial charge in [0.25, 0.3) is 0 Å². The van der Waals surface area contributed by atoms with E-state index in [1.165, 1.54) is 11.4 Å². The maximum absolute atomic E-state index is 7.92. The number of thiocyanates is 1. The molecule has 0 heterocycles. The van der Waals surface area contributed by atoms with Crippen LogP contribution in [-0.2, 0) is 0 Å². The fraction of sp³-hybridized carbons (Fsp3) is 0.667. The van der Waals surface area contributed by atoms with Gasteiger partial charge in [-0.15, -0.1) is 0 Å². The van der Waals surface area contributed by atoms with Crippen LogP contribution < -0.4 is 0 Å². The number of rotatable bonds is 2. The molecule has 0 saturated carbocycles. The molecule has 1 nitrogen and oxygen atoms in total. The topological polar surface area (TPSA) is 23.8 Å². The van der Waals surface area contributed by atoms with E-state index in [0.717, 1.165) is 13.9 Å². The molecule has 6 heavy (non-hydrogen) atoms. The van der Waals surface area contributed by atoms with Crippen molar-refractivity contribution in [3.63, 3.8) is 0 Å². The van der Waals surface area contributed by atoms with Gasteiger partial charge in [0.2, 0.25) is 0 Å². The van der Waals surface area contributed by atoms with Crippen LogP contribution in [0.5, 0.6) is 0 Å². The van der Waals surface area contributed by atoms with Crippen molar-refractivity contribution < 1.29 is 0 Å². The molecular weight excluding hydrogens is 113 g/mol. The van der Waals surface area contributed by atoms with Crippen LogP contribution in [-0.4, -0.2) is 6.16 Å². The Kier molecular flexibility index (Phi) is 5.51. The van der Waals surface area contributed by atoms with Gasteiger partial charge in [-0.2, -0.15) is 5.26 Å². The van der Waals surface area contributed by atoms with Crippen LogP contribution in [0.2, 0.25) is 0 Å². The third kappa shape index (κ3) is 4.27. The highest BCUT2D eigenvalue weighted by Gasteiger charge is 1.74. The fourth-order valence-electron chi connectivity index (χ4n) is 0.104.